The fraction of sp³-hybridized carbons (Fsp3) is 0. The quantitative estimate of drug-likeness (QED) is 0.508. The number of aromatic amines is 1. The first kappa shape index (κ1) is 14.1. The number of rotatable bonds is 3. The molecule has 0 spiro atoms. The Labute approximate surface area is 146 Å². The molecule has 2 aromatic carbocycles. The van der Waals surface area contributed by atoms with E-state index in [-0.39, 0.29) is 0 Å². The van der Waals surface area contributed by atoms with Gasteiger partial charge in [0.25, 0.3) is 0 Å². The Hall–Kier alpha value is -3.32. The number of fused-ring (bicyclic) bond motifs is 2. The third-order valence-corrected chi connectivity index (χ3v) is 4.84. The van der Waals surface area contributed by atoms with Crippen LogP contribution in [0.3, 0.4) is 0 Å². The maximum atomic E-state index is 4.40. The van der Waals surface area contributed by atoms with Crippen LogP contribution in [0.15, 0.2) is 60.5 Å². The van der Waals surface area contributed by atoms with Crippen LogP contribution in [0.5, 0.6) is 0 Å². The smallest absolute Gasteiger partial charge is 0.141 e. The molecule has 25 heavy (non-hydrogen) atoms. The molecule has 0 atom stereocenters. The Balaban J connectivity index is 1.56. The van der Waals surface area contributed by atoms with Gasteiger partial charge in [-0.2, -0.15) is 5.10 Å². The van der Waals surface area contributed by atoms with E-state index in [2.05, 4.69) is 36.5 Å². The van der Waals surface area contributed by atoms with Gasteiger partial charge in [-0.15, -0.1) is 11.3 Å². The standard InChI is InChI=1S/C18H12N6S/c1-3-13-15(7-11(1)14-5-6-22-24-14)19-9-20-18(13)23-12-2-4-17-16(8-12)21-10-25-17/h1-10H,(H,22,24)(H,19,20,23). The molecule has 6 nitrogen and oxygen atoms in total. The summed E-state index contributed by atoms with van der Waals surface area (Å²) in [5.41, 5.74) is 6.56. The molecule has 0 fully saturated rings. The number of H-pyrrole nitrogens is 1. The SMILES string of the molecule is c1nc(Nc2ccc3scnc3c2)c2ccc(-c3cc[nH]n3)cc2n1. The summed E-state index contributed by atoms with van der Waals surface area (Å²) in [5.74, 6) is 0.771. The van der Waals surface area contributed by atoms with E-state index >= 15 is 0 Å². The highest BCUT2D eigenvalue weighted by molar-refractivity contribution is 7.16. The van der Waals surface area contributed by atoms with Gasteiger partial charge in [0.05, 0.1) is 26.9 Å². The van der Waals surface area contributed by atoms with Crippen LogP contribution in [-0.2, 0) is 0 Å². The number of nitrogens with zero attached hydrogens (tertiary/aromatic N) is 4. The zero-order valence-electron chi connectivity index (χ0n) is 13.0. The number of hydrogen-bond acceptors (Lipinski definition) is 6. The highest BCUT2D eigenvalue weighted by Gasteiger charge is 2.08. The summed E-state index contributed by atoms with van der Waals surface area (Å²) in [4.78, 5) is 13.2. The first-order chi connectivity index (χ1) is 12.4. The second-order valence-corrected chi connectivity index (χ2v) is 6.46. The van der Waals surface area contributed by atoms with Gasteiger partial charge in [0.1, 0.15) is 12.1 Å². The molecule has 0 saturated heterocycles. The molecule has 0 unspecified atom stereocenters. The molecule has 0 saturated carbocycles. The molecular weight excluding hydrogens is 332 g/mol. The minimum absolute atomic E-state index is 0.771. The molecule has 120 valence electrons. The van der Waals surface area contributed by atoms with Gasteiger partial charge in [-0.1, -0.05) is 6.07 Å². The molecule has 3 heterocycles. The molecule has 0 amide bonds. The topological polar surface area (TPSA) is 79.4 Å². The van der Waals surface area contributed by atoms with Crippen LogP contribution < -0.4 is 5.32 Å². The lowest BCUT2D eigenvalue weighted by atomic mass is 10.1. The van der Waals surface area contributed by atoms with E-state index in [1.165, 1.54) is 4.70 Å². The van der Waals surface area contributed by atoms with E-state index in [1.807, 2.05) is 41.9 Å². The van der Waals surface area contributed by atoms with Crippen LogP contribution in [0.2, 0.25) is 0 Å². The van der Waals surface area contributed by atoms with Gasteiger partial charge in [0.15, 0.2) is 0 Å². The first-order valence-electron chi connectivity index (χ1n) is 7.72. The Kier molecular flexibility index (Phi) is 3.17. The van der Waals surface area contributed by atoms with E-state index in [0.717, 1.165) is 39.2 Å². The number of benzene rings is 2. The van der Waals surface area contributed by atoms with Crippen LogP contribution >= 0.6 is 11.3 Å². The van der Waals surface area contributed by atoms with Crippen molar-refractivity contribution >= 4 is 44.0 Å². The third-order valence-electron chi connectivity index (χ3n) is 4.03. The summed E-state index contributed by atoms with van der Waals surface area (Å²) in [7, 11) is 0. The Morgan fingerprint density at radius 1 is 0.920 bits per heavy atom. The van der Waals surface area contributed by atoms with Crippen LogP contribution in [-0.4, -0.2) is 25.1 Å². The first-order valence-corrected chi connectivity index (χ1v) is 8.60. The zero-order valence-corrected chi connectivity index (χ0v) is 13.8. The Morgan fingerprint density at radius 2 is 1.92 bits per heavy atom. The Bertz CT molecular complexity index is 1180. The fourth-order valence-corrected chi connectivity index (χ4v) is 3.47. The maximum absolute atomic E-state index is 4.40. The number of anilines is 2. The van der Waals surface area contributed by atoms with E-state index < -0.39 is 0 Å². The minimum Gasteiger partial charge on any atom is -0.340 e. The number of hydrogen-bond donors (Lipinski definition) is 2. The summed E-state index contributed by atoms with van der Waals surface area (Å²) in [6.07, 6.45) is 3.38. The van der Waals surface area contributed by atoms with Gasteiger partial charge in [-0.25, -0.2) is 15.0 Å². The van der Waals surface area contributed by atoms with Crippen molar-refractivity contribution < 1.29 is 0 Å². The van der Waals surface area contributed by atoms with Crippen molar-refractivity contribution in [1.29, 1.82) is 0 Å². The second-order valence-electron chi connectivity index (χ2n) is 5.57. The molecule has 0 radical (unpaired) electrons. The molecular formula is C18H12N6S. The number of aromatic nitrogens is 5. The van der Waals surface area contributed by atoms with Crippen LogP contribution in [0.25, 0.3) is 32.4 Å². The fourth-order valence-electron chi connectivity index (χ4n) is 2.81. The zero-order chi connectivity index (χ0) is 16.6. The summed E-state index contributed by atoms with van der Waals surface area (Å²) in [5, 5.41) is 11.4. The lowest BCUT2D eigenvalue weighted by molar-refractivity contribution is 1.10. The van der Waals surface area contributed by atoms with Gasteiger partial charge >= 0.3 is 0 Å². The van der Waals surface area contributed by atoms with Gasteiger partial charge < -0.3 is 5.32 Å². The van der Waals surface area contributed by atoms with Crippen molar-refractivity contribution in [2.75, 3.05) is 5.32 Å². The second kappa shape index (κ2) is 5.64. The average Bonchev–Trinajstić information content (AvgIpc) is 3.33. The highest BCUT2D eigenvalue weighted by Crippen LogP contribution is 2.28. The van der Waals surface area contributed by atoms with E-state index in [1.54, 1.807) is 23.9 Å². The third kappa shape index (κ3) is 2.50. The van der Waals surface area contributed by atoms with E-state index in [4.69, 9.17) is 0 Å². The number of nitrogens with one attached hydrogen (secondary N) is 2. The van der Waals surface area contributed by atoms with Crippen molar-refractivity contribution in [1.82, 2.24) is 25.1 Å². The average molecular weight is 344 g/mol. The van der Waals surface area contributed by atoms with Crippen molar-refractivity contribution in [2.45, 2.75) is 0 Å². The van der Waals surface area contributed by atoms with Crippen LogP contribution in [0.4, 0.5) is 11.5 Å². The summed E-state index contributed by atoms with van der Waals surface area (Å²) in [6.45, 7) is 0. The molecule has 0 aliphatic heterocycles. The van der Waals surface area contributed by atoms with E-state index in [0.29, 0.717) is 0 Å². The molecule has 2 N–H and O–H groups in total. The molecule has 0 aliphatic carbocycles. The lowest BCUT2D eigenvalue weighted by Gasteiger charge is -2.09. The van der Waals surface area contributed by atoms with Crippen LogP contribution in [0, 0.1) is 0 Å². The molecule has 5 rings (SSSR count). The molecule has 7 heteroatoms. The molecule has 3 aromatic heterocycles. The van der Waals surface area contributed by atoms with Crippen LogP contribution in [0.1, 0.15) is 0 Å². The van der Waals surface area contributed by atoms with Crippen molar-refractivity contribution in [3.05, 3.63) is 60.5 Å². The molecule has 0 bridgehead atoms. The van der Waals surface area contributed by atoms with Gasteiger partial charge in [0, 0.05) is 22.8 Å². The molecule has 5 aromatic rings. The lowest BCUT2D eigenvalue weighted by Crippen LogP contribution is -1.96. The van der Waals surface area contributed by atoms with E-state index in [9.17, 15) is 0 Å². The van der Waals surface area contributed by atoms with Crippen molar-refractivity contribution in [3.63, 3.8) is 0 Å². The largest absolute Gasteiger partial charge is 0.340 e. The summed E-state index contributed by atoms with van der Waals surface area (Å²) < 4.78 is 1.17. The highest BCUT2D eigenvalue weighted by atomic mass is 32.1. The predicted molar refractivity (Wildman–Crippen MR) is 100 cm³/mol. The minimum atomic E-state index is 0.771. The normalized spacial score (nSPS) is 11.2. The van der Waals surface area contributed by atoms with Gasteiger partial charge in [0.2, 0.25) is 0 Å². The predicted octanol–water partition coefficient (Wildman–Crippen LogP) is 4.37. The maximum Gasteiger partial charge on any atom is 0.141 e. The van der Waals surface area contributed by atoms with Gasteiger partial charge in [-0.05, 0) is 36.4 Å². The van der Waals surface area contributed by atoms with Crippen molar-refractivity contribution in [2.24, 2.45) is 0 Å². The molecule has 0 aliphatic rings. The summed E-state index contributed by atoms with van der Waals surface area (Å²) >= 11 is 1.63. The van der Waals surface area contributed by atoms with Gasteiger partial charge in [-0.3, -0.25) is 5.10 Å². The Morgan fingerprint density at radius 3 is 2.84 bits per heavy atom. The monoisotopic (exact) mass is 344 g/mol. The number of thiazole rings is 1. The summed E-state index contributed by atoms with van der Waals surface area (Å²) in [6, 6.07) is 14.1. The van der Waals surface area contributed by atoms with Crippen molar-refractivity contribution in [3.8, 4) is 11.3 Å².